The van der Waals surface area contributed by atoms with Crippen LogP contribution in [0.2, 0.25) is 0 Å². The van der Waals surface area contributed by atoms with E-state index in [-0.39, 0.29) is 11.2 Å². The van der Waals surface area contributed by atoms with E-state index in [9.17, 15) is 5.11 Å². The summed E-state index contributed by atoms with van der Waals surface area (Å²) in [7, 11) is 0. The van der Waals surface area contributed by atoms with E-state index in [2.05, 4.69) is 20.8 Å². The van der Waals surface area contributed by atoms with Crippen LogP contribution in [0.15, 0.2) is 24.3 Å². The second kappa shape index (κ2) is 5.54. The summed E-state index contributed by atoms with van der Waals surface area (Å²) in [6.07, 6.45) is 6.97. The number of hydrogen-bond donors (Lipinski definition) is 1. The van der Waals surface area contributed by atoms with Crippen LogP contribution in [0.4, 0.5) is 0 Å². The largest absolute Gasteiger partial charge is 0.508 e. The summed E-state index contributed by atoms with van der Waals surface area (Å²) in [5.74, 6) is 0.322. The molecule has 0 spiro atoms. The van der Waals surface area contributed by atoms with E-state index in [4.69, 9.17) is 4.74 Å². The molecule has 0 heterocycles. The standard InChI is InChI=1S/C17H26O2/c1-4-17(11-5-6-12-17)19-16(2,3)13-14-7-9-15(18)10-8-14/h7-10,18H,4-6,11-13H2,1-3H3. The first-order valence-corrected chi connectivity index (χ1v) is 7.43. The van der Waals surface area contributed by atoms with E-state index in [0.717, 1.165) is 12.8 Å². The summed E-state index contributed by atoms with van der Waals surface area (Å²) in [4.78, 5) is 0. The van der Waals surface area contributed by atoms with Crippen molar-refractivity contribution in [2.24, 2.45) is 0 Å². The molecule has 1 saturated carbocycles. The zero-order valence-electron chi connectivity index (χ0n) is 12.4. The first kappa shape index (κ1) is 14.4. The Hall–Kier alpha value is -1.02. The molecule has 1 aliphatic rings. The summed E-state index contributed by atoms with van der Waals surface area (Å²) in [5, 5.41) is 9.33. The molecule has 0 atom stereocenters. The lowest BCUT2D eigenvalue weighted by atomic mass is 9.93. The lowest BCUT2D eigenvalue weighted by Gasteiger charge is -2.38. The average molecular weight is 262 g/mol. The van der Waals surface area contributed by atoms with E-state index in [1.54, 1.807) is 12.1 Å². The third-order valence-corrected chi connectivity index (χ3v) is 4.22. The Morgan fingerprint density at radius 2 is 1.74 bits per heavy atom. The van der Waals surface area contributed by atoms with Crippen molar-refractivity contribution in [3.05, 3.63) is 29.8 Å². The molecule has 1 N–H and O–H groups in total. The molecule has 1 aliphatic carbocycles. The molecule has 19 heavy (non-hydrogen) atoms. The second-order valence-electron chi connectivity index (χ2n) is 6.45. The Balaban J connectivity index is 2.03. The highest BCUT2D eigenvalue weighted by atomic mass is 16.5. The van der Waals surface area contributed by atoms with Crippen LogP contribution in [0, 0.1) is 0 Å². The van der Waals surface area contributed by atoms with Crippen LogP contribution in [0.1, 0.15) is 58.4 Å². The second-order valence-corrected chi connectivity index (χ2v) is 6.45. The highest BCUT2D eigenvalue weighted by Gasteiger charge is 2.38. The van der Waals surface area contributed by atoms with Crippen molar-refractivity contribution >= 4 is 0 Å². The lowest BCUT2D eigenvalue weighted by Crippen LogP contribution is -2.40. The van der Waals surface area contributed by atoms with E-state index < -0.39 is 0 Å². The summed E-state index contributed by atoms with van der Waals surface area (Å²) in [6.45, 7) is 6.59. The van der Waals surface area contributed by atoms with Gasteiger partial charge in [0.1, 0.15) is 5.75 Å². The van der Waals surface area contributed by atoms with Gasteiger partial charge in [-0.05, 0) is 50.8 Å². The van der Waals surface area contributed by atoms with Crippen LogP contribution in [0.3, 0.4) is 0 Å². The van der Waals surface area contributed by atoms with Crippen LogP contribution in [-0.2, 0) is 11.2 Å². The maximum Gasteiger partial charge on any atom is 0.115 e. The minimum absolute atomic E-state index is 0.0976. The molecule has 1 aromatic rings. The highest BCUT2D eigenvalue weighted by molar-refractivity contribution is 5.26. The maximum atomic E-state index is 9.33. The molecular weight excluding hydrogens is 236 g/mol. The molecule has 0 radical (unpaired) electrons. The first-order chi connectivity index (χ1) is 8.95. The third kappa shape index (κ3) is 3.73. The molecule has 0 saturated heterocycles. The summed E-state index contributed by atoms with van der Waals surface area (Å²) >= 11 is 0. The monoisotopic (exact) mass is 262 g/mol. The molecule has 106 valence electrons. The molecule has 2 rings (SSSR count). The SMILES string of the molecule is CCC1(OC(C)(C)Cc2ccc(O)cc2)CCCC1. The fourth-order valence-electron chi connectivity index (χ4n) is 3.27. The smallest absolute Gasteiger partial charge is 0.115 e. The minimum Gasteiger partial charge on any atom is -0.508 e. The van der Waals surface area contributed by atoms with Gasteiger partial charge in [-0.2, -0.15) is 0 Å². The molecule has 1 aromatic carbocycles. The number of phenolic OH excluding ortho intramolecular Hbond substituents is 1. The maximum absolute atomic E-state index is 9.33. The van der Waals surface area contributed by atoms with Crippen molar-refractivity contribution in [1.29, 1.82) is 0 Å². The van der Waals surface area contributed by atoms with Gasteiger partial charge in [-0.1, -0.05) is 31.9 Å². The normalized spacial score (nSPS) is 18.7. The van der Waals surface area contributed by atoms with Crippen LogP contribution >= 0.6 is 0 Å². The Morgan fingerprint density at radius 1 is 1.16 bits per heavy atom. The van der Waals surface area contributed by atoms with Crippen LogP contribution in [0.5, 0.6) is 5.75 Å². The highest BCUT2D eigenvalue weighted by Crippen LogP contribution is 2.39. The van der Waals surface area contributed by atoms with Gasteiger partial charge in [0.15, 0.2) is 0 Å². The third-order valence-electron chi connectivity index (χ3n) is 4.22. The van der Waals surface area contributed by atoms with Crippen molar-refractivity contribution in [2.45, 2.75) is 70.5 Å². The van der Waals surface area contributed by atoms with E-state index in [1.165, 1.54) is 31.2 Å². The molecule has 1 fully saturated rings. The fraction of sp³-hybridized carbons (Fsp3) is 0.647. The Morgan fingerprint density at radius 3 is 2.26 bits per heavy atom. The summed E-state index contributed by atoms with van der Waals surface area (Å²) in [5.41, 5.74) is 1.16. The van der Waals surface area contributed by atoms with Gasteiger partial charge in [0.05, 0.1) is 11.2 Å². The van der Waals surface area contributed by atoms with Crippen molar-refractivity contribution in [2.75, 3.05) is 0 Å². The number of phenols is 1. The van der Waals surface area contributed by atoms with Crippen molar-refractivity contribution in [3.63, 3.8) is 0 Å². The number of aromatic hydroxyl groups is 1. The fourth-order valence-corrected chi connectivity index (χ4v) is 3.27. The number of hydrogen-bond acceptors (Lipinski definition) is 2. The zero-order chi connectivity index (χ0) is 13.9. The Labute approximate surface area is 116 Å². The van der Waals surface area contributed by atoms with Crippen molar-refractivity contribution in [1.82, 2.24) is 0 Å². The zero-order valence-corrected chi connectivity index (χ0v) is 12.4. The van der Waals surface area contributed by atoms with Gasteiger partial charge < -0.3 is 9.84 Å². The number of benzene rings is 1. The average Bonchev–Trinajstić information content (AvgIpc) is 2.80. The van der Waals surface area contributed by atoms with Gasteiger partial charge in [-0.15, -0.1) is 0 Å². The molecule has 2 heteroatoms. The summed E-state index contributed by atoms with van der Waals surface area (Å²) < 4.78 is 6.51. The minimum atomic E-state index is -0.155. The van der Waals surface area contributed by atoms with Gasteiger partial charge in [0.2, 0.25) is 0 Å². The molecule has 2 nitrogen and oxygen atoms in total. The van der Waals surface area contributed by atoms with Gasteiger partial charge in [-0.25, -0.2) is 0 Å². The Bertz CT molecular complexity index is 400. The molecule has 0 aliphatic heterocycles. The molecule has 0 bridgehead atoms. The van der Waals surface area contributed by atoms with Gasteiger partial charge in [0, 0.05) is 6.42 Å². The predicted octanol–water partition coefficient (Wildman–Crippen LogP) is 4.45. The number of ether oxygens (including phenoxy) is 1. The van der Waals surface area contributed by atoms with Crippen molar-refractivity contribution < 1.29 is 9.84 Å². The van der Waals surface area contributed by atoms with Crippen LogP contribution < -0.4 is 0 Å². The van der Waals surface area contributed by atoms with Crippen LogP contribution in [-0.4, -0.2) is 16.3 Å². The molecule has 0 unspecified atom stereocenters. The van der Waals surface area contributed by atoms with E-state index in [0.29, 0.717) is 5.75 Å². The quantitative estimate of drug-likeness (QED) is 0.849. The predicted molar refractivity (Wildman–Crippen MR) is 78.5 cm³/mol. The lowest BCUT2D eigenvalue weighted by molar-refractivity contribution is -0.138. The van der Waals surface area contributed by atoms with E-state index >= 15 is 0 Å². The van der Waals surface area contributed by atoms with E-state index in [1.807, 2.05) is 12.1 Å². The summed E-state index contributed by atoms with van der Waals surface area (Å²) in [6, 6.07) is 7.45. The number of rotatable bonds is 5. The molecular formula is C17H26O2. The van der Waals surface area contributed by atoms with Gasteiger partial charge >= 0.3 is 0 Å². The van der Waals surface area contributed by atoms with Crippen molar-refractivity contribution in [3.8, 4) is 5.75 Å². The van der Waals surface area contributed by atoms with Gasteiger partial charge in [-0.3, -0.25) is 0 Å². The topological polar surface area (TPSA) is 29.5 Å². The molecule has 0 amide bonds. The Kier molecular flexibility index (Phi) is 4.19. The van der Waals surface area contributed by atoms with Gasteiger partial charge in [0.25, 0.3) is 0 Å². The first-order valence-electron chi connectivity index (χ1n) is 7.43. The van der Waals surface area contributed by atoms with Crippen LogP contribution in [0.25, 0.3) is 0 Å². The molecule has 0 aromatic heterocycles.